The van der Waals surface area contributed by atoms with Gasteiger partial charge < -0.3 is 10.4 Å². The highest BCUT2D eigenvalue weighted by molar-refractivity contribution is 7.99. The van der Waals surface area contributed by atoms with Crippen LogP contribution in [0.5, 0.6) is 0 Å². The number of rotatable bonds is 2. The lowest BCUT2D eigenvalue weighted by atomic mass is 9.97. The van der Waals surface area contributed by atoms with E-state index in [-0.39, 0.29) is 17.8 Å². The van der Waals surface area contributed by atoms with Gasteiger partial charge in [-0.2, -0.15) is 0 Å². The Morgan fingerprint density at radius 2 is 1.86 bits per heavy atom. The van der Waals surface area contributed by atoms with Crippen LogP contribution in [0.3, 0.4) is 0 Å². The number of amides is 1. The van der Waals surface area contributed by atoms with Gasteiger partial charge in [0.2, 0.25) is 5.91 Å². The highest BCUT2D eigenvalue weighted by atomic mass is 32.2. The van der Waals surface area contributed by atoms with Crippen molar-refractivity contribution in [3.8, 4) is 0 Å². The Morgan fingerprint density at radius 3 is 2.57 bits per heavy atom. The van der Waals surface area contributed by atoms with Crippen LogP contribution in [0, 0.1) is 12.8 Å². The van der Waals surface area contributed by atoms with E-state index in [1.54, 1.807) is 11.8 Å². The third-order valence-electron chi connectivity index (χ3n) is 3.70. The number of aliphatic hydroxyl groups excluding tert-OH is 1. The molecule has 108 valence electrons. The second-order valence-electron chi connectivity index (χ2n) is 5.22. The van der Waals surface area contributed by atoms with Crippen molar-refractivity contribution in [2.75, 3.05) is 11.9 Å². The molecule has 3 rings (SSSR count). The van der Waals surface area contributed by atoms with Crippen molar-refractivity contribution in [2.45, 2.75) is 17.1 Å². The molecule has 2 unspecified atom stereocenters. The maximum Gasteiger partial charge on any atom is 0.231 e. The molecule has 0 bridgehead atoms. The van der Waals surface area contributed by atoms with Crippen LogP contribution >= 0.6 is 11.8 Å². The number of aryl methyl sites for hydroxylation is 1. The number of carbonyl (C=O) groups is 1. The molecule has 0 saturated carbocycles. The van der Waals surface area contributed by atoms with Gasteiger partial charge in [-0.3, -0.25) is 4.79 Å². The number of aliphatic hydroxyl groups is 1. The van der Waals surface area contributed by atoms with Crippen LogP contribution in [0.1, 0.15) is 16.4 Å². The molecule has 4 heteroatoms. The summed E-state index contributed by atoms with van der Waals surface area (Å²) in [4.78, 5) is 13.4. The topological polar surface area (TPSA) is 49.3 Å². The van der Waals surface area contributed by atoms with Crippen LogP contribution in [0.25, 0.3) is 0 Å². The Kier molecular flexibility index (Phi) is 3.99. The number of thioether (sulfide) groups is 1. The standard InChI is InChI=1S/C17H17NO2S/c1-11-6-8-12(9-7-11)16-13(10-19)17(20)18-14-4-2-3-5-15(14)21-16/h2-9,13,16,19H,10H2,1H3,(H,18,20). The molecule has 2 aromatic rings. The van der Waals surface area contributed by atoms with Crippen LogP contribution in [0.15, 0.2) is 53.4 Å². The first-order valence-corrected chi connectivity index (χ1v) is 7.81. The predicted octanol–water partition coefficient (Wildman–Crippen LogP) is 3.39. The number of nitrogens with one attached hydrogen (secondary N) is 1. The Morgan fingerprint density at radius 1 is 1.14 bits per heavy atom. The van der Waals surface area contributed by atoms with Crippen LogP contribution in [0.4, 0.5) is 5.69 Å². The van der Waals surface area contributed by atoms with E-state index in [0.717, 1.165) is 16.1 Å². The Hall–Kier alpha value is -1.78. The molecule has 1 aliphatic rings. The molecule has 21 heavy (non-hydrogen) atoms. The summed E-state index contributed by atoms with van der Waals surface area (Å²) in [5, 5.41) is 12.5. The molecular formula is C17H17NO2S. The van der Waals surface area contributed by atoms with Crippen LogP contribution in [-0.2, 0) is 4.79 Å². The molecule has 0 aromatic heterocycles. The first kappa shape index (κ1) is 14.2. The molecule has 0 spiro atoms. The van der Waals surface area contributed by atoms with E-state index in [9.17, 15) is 9.90 Å². The van der Waals surface area contributed by atoms with Gasteiger partial charge >= 0.3 is 0 Å². The fourth-order valence-corrected chi connectivity index (χ4v) is 3.83. The summed E-state index contributed by atoms with van der Waals surface area (Å²) < 4.78 is 0. The lowest BCUT2D eigenvalue weighted by Crippen LogP contribution is -2.28. The number of anilines is 1. The highest BCUT2D eigenvalue weighted by Gasteiger charge is 2.33. The van der Waals surface area contributed by atoms with E-state index < -0.39 is 5.92 Å². The Bertz CT molecular complexity index is 654. The monoisotopic (exact) mass is 299 g/mol. The zero-order chi connectivity index (χ0) is 14.8. The molecule has 0 saturated heterocycles. The van der Waals surface area contributed by atoms with Gasteiger partial charge in [-0.25, -0.2) is 0 Å². The van der Waals surface area contributed by atoms with Crippen molar-refractivity contribution in [3.63, 3.8) is 0 Å². The van der Waals surface area contributed by atoms with Gasteiger partial charge in [-0.15, -0.1) is 11.8 Å². The first-order valence-electron chi connectivity index (χ1n) is 6.93. The van der Waals surface area contributed by atoms with Crippen LogP contribution < -0.4 is 5.32 Å². The second kappa shape index (κ2) is 5.92. The van der Waals surface area contributed by atoms with Crippen molar-refractivity contribution in [1.29, 1.82) is 0 Å². The average Bonchev–Trinajstić information content (AvgIpc) is 2.63. The first-order chi connectivity index (χ1) is 10.2. The quantitative estimate of drug-likeness (QED) is 0.893. The molecule has 2 atom stereocenters. The summed E-state index contributed by atoms with van der Waals surface area (Å²) in [7, 11) is 0. The van der Waals surface area contributed by atoms with Crippen molar-refractivity contribution < 1.29 is 9.90 Å². The van der Waals surface area contributed by atoms with Crippen molar-refractivity contribution in [2.24, 2.45) is 5.92 Å². The van der Waals surface area contributed by atoms with Gasteiger partial charge in [0, 0.05) is 10.1 Å². The number of hydrogen-bond donors (Lipinski definition) is 2. The largest absolute Gasteiger partial charge is 0.395 e. The summed E-state index contributed by atoms with van der Waals surface area (Å²) in [5.41, 5.74) is 3.07. The SMILES string of the molecule is Cc1ccc(C2Sc3ccccc3NC(=O)C2CO)cc1. The molecule has 2 aromatic carbocycles. The van der Waals surface area contributed by atoms with E-state index in [1.165, 1.54) is 5.56 Å². The van der Waals surface area contributed by atoms with Crippen LogP contribution in [-0.4, -0.2) is 17.6 Å². The highest BCUT2D eigenvalue weighted by Crippen LogP contribution is 2.46. The van der Waals surface area contributed by atoms with E-state index in [2.05, 4.69) is 5.32 Å². The Balaban J connectivity index is 2.03. The summed E-state index contributed by atoms with van der Waals surface area (Å²) in [6.07, 6.45) is 0. The zero-order valence-corrected chi connectivity index (χ0v) is 12.6. The minimum absolute atomic E-state index is 0.0840. The van der Waals surface area contributed by atoms with Gasteiger partial charge in [0.15, 0.2) is 0 Å². The van der Waals surface area contributed by atoms with Gasteiger partial charge in [0.1, 0.15) is 0 Å². The van der Waals surface area contributed by atoms with Gasteiger partial charge in [0.25, 0.3) is 0 Å². The average molecular weight is 299 g/mol. The number of carbonyl (C=O) groups excluding carboxylic acids is 1. The Labute approximate surface area is 128 Å². The lowest BCUT2D eigenvalue weighted by molar-refractivity contribution is -0.121. The molecule has 0 radical (unpaired) electrons. The van der Waals surface area contributed by atoms with Gasteiger partial charge in [-0.05, 0) is 24.6 Å². The minimum Gasteiger partial charge on any atom is -0.395 e. The summed E-state index contributed by atoms with van der Waals surface area (Å²) in [6, 6.07) is 15.9. The van der Waals surface area contributed by atoms with Gasteiger partial charge in [0.05, 0.1) is 18.2 Å². The fraction of sp³-hybridized carbons (Fsp3) is 0.235. The van der Waals surface area contributed by atoms with Gasteiger partial charge in [-0.1, -0.05) is 42.0 Å². The number of benzene rings is 2. The smallest absolute Gasteiger partial charge is 0.231 e. The number of hydrogen-bond acceptors (Lipinski definition) is 3. The van der Waals surface area contributed by atoms with Crippen molar-refractivity contribution in [1.82, 2.24) is 0 Å². The number of fused-ring (bicyclic) bond motifs is 1. The van der Waals surface area contributed by atoms with Crippen molar-refractivity contribution in [3.05, 3.63) is 59.7 Å². The van der Waals surface area contributed by atoms with E-state index >= 15 is 0 Å². The third-order valence-corrected chi connectivity index (χ3v) is 5.17. The third kappa shape index (κ3) is 2.82. The summed E-state index contributed by atoms with van der Waals surface area (Å²) >= 11 is 1.63. The molecule has 3 nitrogen and oxygen atoms in total. The van der Waals surface area contributed by atoms with E-state index in [1.807, 2.05) is 55.5 Å². The second-order valence-corrected chi connectivity index (χ2v) is 6.41. The maximum atomic E-state index is 12.4. The summed E-state index contributed by atoms with van der Waals surface area (Å²) in [6.45, 7) is 1.88. The fourth-order valence-electron chi connectivity index (χ4n) is 2.49. The molecule has 0 fully saturated rings. The number of para-hydroxylation sites is 1. The zero-order valence-electron chi connectivity index (χ0n) is 11.7. The molecule has 1 amide bonds. The summed E-state index contributed by atoms with van der Waals surface area (Å²) in [5.74, 6) is -0.578. The minimum atomic E-state index is -0.454. The van der Waals surface area contributed by atoms with Crippen LogP contribution in [0.2, 0.25) is 0 Å². The molecular weight excluding hydrogens is 282 g/mol. The molecule has 0 aliphatic carbocycles. The molecule has 2 N–H and O–H groups in total. The maximum absolute atomic E-state index is 12.4. The van der Waals surface area contributed by atoms with E-state index in [0.29, 0.717) is 0 Å². The predicted molar refractivity (Wildman–Crippen MR) is 85.4 cm³/mol. The molecule has 1 aliphatic heterocycles. The normalized spacial score (nSPS) is 21.3. The van der Waals surface area contributed by atoms with Crippen molar-refractivity contribution >= 4 is 23.4 Å². The lowest BCUT2D eigenvalue weighted by Gasteiger charge is -2.21. The molecule has 1 heterocycles. The van der Waals surface area contributed by atoms with E-state index in [4.69, 9.17) is 0 Å².